The Morgan fingerprint density at radius 3 is 1.24 bits per heavy atom. The number of hydrogen-bond acceptors (Lipinski definition) is 20. The van der Waals surface area contributed by atoms with E-state index in [-0.39, 0.29) is 72.3 Å². The first-order valence-corrected chi connectivity index (χ1v) is 47.9. The molecule has 4 fully saturated rings. The molecule has 133 heavy (non-hydrogen) atoms. The van der Waals surface area contributed by atoms with Crippen molar-refractivity contribution in [1.29, 1.82) is 0 Å². The zero-order valence-electron chi connectivity index (χ0n) is 78.8. The maximum atomic E-state index is 14.1. The van der Waals surface area contributed by atoms with Gasteiger partial charge in [-0.15, -0.1) is 22.7 Å². The highest BCUT2D eigenvalue weighted by Gasteiger charge is 2.53. The van der Waals surface area contributed by atoms with E-state index < -0.39 is 46.6 Å². The molecular formula is C101H124N14O14S4. The number of thiazole rings is 2. The molecule has 6 atom stereocenters. The van der Waals surface area contributed by atoms with Crippen LogP contribution in [0.3, 0.4) is 0 Å². The molecule has 706 valence electrons. The summed E-state index contributed by atoms with van der Waals surface area (Å²) in [6, 6.07) is 38.8. The van der Waals surface area contributed by atoms with Crippen molar-refractivity contribution in [3.05, 3.63) is 201 Å². The lowest BCUT2D eigenvalue weighted by Gasteiger charge is -2.35. The number of nitrogens with one attached hydrogen (secondary N) is 4. The molecule has 6 heterocycles. The van der Waals surface area contributed by atoms with Gasteiger partial charge in [0.1, 0.15) is 60.0 Å². The Morgan fingerprint density at radius 2 is 0.872 bits per heavy atom. The topological polar surface area (TPSA) is 294 Å². The minimum atomic E-state index is -0.914. The second kappa shape index (κ2) is 47.0. The van der Waals surface area contributed by atoms with Gasteiger partial charge in [-0.05, 0) is 261 Å². The van der Waals surface area contributed by atoms with Gasteiger partial charge in [-0.3, -0.25) is 48.2 Å². The van der Waals surface area contributed by atoms with E-state index in [9.17, 15) is 38.4 Å². The Kier molecular flexibility index (Phi) is 36.0. The molecule has 32 heteroatoms. The number of amides is 8. The molecule has 4 saturated heterocycles. The lowest BCUT2D eigenvalue weighted by Crippen LogP contribution is -2.58. The van der Waals surface area contributed by atoms with Crippen molar-refractivity contribution >= 4 is 139 Å². The van der Waals surface area contributed by atoms with E-state index in [1.165, 1.54) is 9.80 Å². The molecule has 0 aliphatic carbocycles. The Hall–Kier alpha value is -11.5. The van der Waals surface area contributed by atoms with Crippen molar-refractivity contribution in [2.75, 3.05) is 98.8 Å². The van der Waals surface area contributed by atoms with Gasteiger partial charge in [0.25, 0.3) is 11.8 Å². The van der Waals surface area contributed by atoms with Crippen LogP contribution in [0.5, 0.6) is 11.5 Å². The average molecular weight is 1890 g/mol. The van der Waals surface area contributed by atoms with Crippen LogP contribution < -0.4 is 50.3 Å². The summed E-state index contributed by atoms with van der Waals surface area (Å²) in [5.74, 6) is -0.534. The average Bonchev–Trinajstić information content (AvgIpc) is 1.59. The number of nitrogens with zero attached hydrogens (tertiary/aromatic N) is 10. The zero-order chi connectivity index (χ0) is 96.0. The van der Waals surface area contributed by atoms with Gasteiger partial charge in [-0.1, -0.05) is 109 Å². The van der Waals surface area contributed by atoms with E-state index >= 15 is 0 Å². The molecule has 0 radical (unpaired) electrons. The van der Waals surface area contributed by atoms with Crippen molar-refractivity contribution in [3.8, 4) is 32.4 Å². The van der Waals surface area contributed by atoms with E-state index in [2.05, 4.69) is 40.9 Å². The molecule has 0 saturated carbocycles. The number of anilines is 4. The molecule has 4 aliphatic rings. The van der Waals surface area contributed by atoms with Crippen molar-refractivity contribution in [2.24, 2.45) is 23.2 Å². The lowest BCUT2D eigenvalue weighted by molar-refractivity contribution is -0.144. The molecule has 12 rings (SSSR count). The third kappa shape index (κ3) is 26.1. The number of aromatic nitrogens is 2. The number of unbranched alkanes of at least 4 members (excludes halogenated alkanes) is 2. The highest BCUT2D eigenvalue weighted by atomic mass is 32.1. The third-order valence-corrected chi connectivity index (χ3v) is 26.6. The van der Waals surface area contributed by atoms with Gasteiger partial charge in [-0.25, -0.2) is 19.7 Å². The molecule has 4 N–H and O–H groups in total. The highest BCUT2D eigenvalue weighted by Crippen LogP contribution is 2.42. The van der Waals surface area contributed by atoms with Crippen LogP contribution in [-0.2, 0) is 70.4 Å². The van der Waals surface area contributed by atoms with Crippen LogP contribution in [0.25, 0.3) is 30.6 Å². The predicted molar refractivity (Wildman–Crippen MR) is 528 cm³/mol. The van der Waals surface area contributed by atoms with Crippen LogP contribution in [0.1, 0.15) is 161 Å². The van der Waals surface area contributed by atoms with Gasteiger partial charge in [0.05, 0.1) is 58.5 Å². The van der Waals surface area contributed by atoms with E-state index in [1.54, 1.807) is 56.7 Å². The van der Waals surface area contributed by atoms with E-state index in [0.717, 1.165) is 91.6 Å². The highest BCUT2D eigenvalue weighted by molar-refractivity contribution is 7.81. The van der Waals surface area contributed by atoms with Crippen molar-refractivity contribution in [1.82, 2.24) is 41.0 Å². The second-order valence-electron chi connectivity index (χ2n) is 36.6. The summed E-state index contributed by atoms with van der Waals surface area (Å²) in [5.41, 5.74) is 12.7. The van der Waals surface area contributed by atoms with Crippen LogP contribution in [0, 0.1) is 64.0 Å². The van der Waals surface area contributed by atoms with Gasteiger partial charge in [0.2, 0.25) is 35.4 Å². The normalized spacial score (nSPS) is 17.3. The minimum absolute atomic E-state index is 0.131. The first-order chi connectivity index (χ1) is 63.5. The molecule has 0 spiro atoms. The van der Waals surface area contributed by atoms with Gasteiger partial charge in [0, 0.05) is 88.6 Å². The molecule has 0 unspecified atom stereocenters. The van der Waals surface area contributed by atoms with E-state index in [0.29, 0.717) is 149 Å². The summed E-state index contributed by atoms with van der Waals surface area (Å²) in [4.78, 5) is 136. The van der Waals surface area contributed by atoms with Crippen LogP contribution >= 0.6 is 47.1 Å². The molecule has 4 aliphatic heterocycles. The number of hydrogen-bond donors (Lipinski definition) is 4. The Balaban J connectivity index is 0.000000256. The number of carbonyl (C=O) groups is 8. The summed E-state index contributed by atoms with van der Waals surface area (Å²) in [6.45, 7) is 48.1. The molecule has 8 aromatic rings. The number of rotatable bonds is 41. The zero-order valence-corrected chi connectivity index (χ0v) is 82.0. The number of likely N-dealkylation sites (tertiary alicyclic amines) is 2. The number of aryl methyl sites for hydroxylation is 4. The summed E-state index contributed by atoms with van der Waals surface area (Å²) >= 11 is 14.8. The summed E-state index contributed by atoms with van der Waals surface area (Å²) < 4.78 is 34.8. The number of benzene rings is 6. The number of carbonyl (C=O) groups excluding carboxylic acids is 8. The van der Waals surface area contributed by atoms with Crippen molar-refractivity contribution in [2.45, 2.75) is 204 Å². The first kappa shape index (κ1) is 102. The fraction of sp³-hybridized carbons (Fsp3) is 0.465. The molecule has 8 amide bonds. The Labute approximate surface area is 800 Å². The van der Waals surface area contributed by atoms with Gasteiger partial charge in [0.15, 0.2) is 21.6 Å². The molecule has 2 aromatic heterocycles. The smallest absolute Gasteiger partial charge is 0.259 e. The largest absolute Gasteiger partial charge is 0.494 e. The Bertz CT molecular complexity index is 5510. The number of ether oxygens (including phenoxy) is 6. The predicted octanol–water partition coefficient (Wildman–Crippen LogP) is 16.7. The number of thiocarbonyl (C=S) groups is 2. The summed E-state index contributed by atoms with van der Waals surface area (Å²) in [7, 11) is 0. The third-order valence-electron chi connectivity index (χ3n) is 23.9. The monoisotopic (exact) mass is 1880 g/mol. The standard InChI is InChI=1S/C51H63N7O7S2.C50H61N7O7S2/c1-33-27-42(46(60)53-29-36-13-15-37(16-14-36)44-35(3)54-32-67-44)56(30-33)47(61)45(50(4,5)6)55-43(59)31-64-25-12-24-63-23-10-11-26-65-40-20-17-38(18-21-40)58-49(66)57(48(62)51(58,7)8)39-19-22-41(52-9)34(2)28-39;1-32(2)44(47(60)55-29-33(3)26-42(55)46(59)52-28-36-12-14-37(15-13-36)45-35(5)53-31-66-45)54-43(58)30-63-24-11-23-62-22-9-10-25-64-40-19-16-38(17-20-40)57-49(65)56(48(61)50(57,6)7)39-18-21-41(51-8)34(4)27-39/h13-22,28,32-33,42,45H,10-12,23-27,29-31H2,1-8H3,(H,53,60)(H,55,59);12-21,27,31-33,42,44H,9-11,22-26,28-30H2,1-7H3,(H,52,59)(H,54,58)/t33-,42+,45-;33-,42+,44+/m11/s1. The molecule has 28 nitrogen and oxygen atoms in total. The van der Waals surface area contributed by atoms with Crippen LogP contribution in [0.2, 0.25) is 0 Å². The summed E-state index contributed by atoms with van der Waals surface area (Å²) in [5, 5.41) is 12.6. The minimum Gasteiger partial charge on any atom is -0.494 e. The van der Waals surface area contributed by atoms with Gasteiger partial charge in [-0.2, -0.15) is 0 Å². The fourth-order valence-corrected chi connectivity index (χ4v) is 19.1. The second-order valence-corrected chi connectivity index (χ2v) is 39.1. The van der Waals surface area contributed by atoms with Crippen LogP contribution in [-0.4, -0.2) is 192 Å². The van der Waals surface area contributed by atoms with Crippen molar-refractivity contribution < 1.29 is 66.8 Å². The SMILES string of the molecule is [C-]#[N+]c1ccc(N2C(=O)C(C)(C)N(c3ccc(OCCCCOCCCOCC(=O)N[C@H](C(=O)N4C[C@H](C)C[C@H]4C(=O)NCc4ccc(-c5scnc5C)cc4)C(C)(C)C)cc3)C2=S)cc1C.[C-]#[N+]c1ccc(N2C(=O)C(C)(C)N(c3ccc(OCCCCOCCCOCC(=O)N[C@H](C(=O)N4C[C@H](C)C[C@H]4C(=O)NCc4ccc(-c5scnc5C)cc4)C(C)C)cc3)C2=S)cc1C. The van der Waals surface area contributed by atoms with E-state index in [4.69, 9.17) is 66.0 Å². The fourth-order valence-electron chi connectivity index (χ4n) is 16.5. The maximum Gasteiger partial charge on any atom is 0.259 e. The molecule has 0 bridgehead atoms. The lowest BCUT2D eigenvalue weighted by atomic mass is 9.85. The summed E-state index contributed by atoms with van der Waals surface area (Å²) in [6.07, 6.45) is 5.49. The van der Waals surface area contributed by atoms with E-state index in [1.807, 2.05) is 234 Å². The molecular weight excluding hydrogens is 1760 g/mol. The van der Waals surface area contributed by atoms with Crippen LogP contribution in [0.4, 0.5) is 34.1 Å². The maximum absolute atomic E-state index is 14.1. The van der Waals surface area contributed by atoms with Gasteiger partial charge >= 0.3 is 0 Å². The molecule has 6 aromatic carbocycles. The Morgan fingerprint density at radius 1 is 0.504 bits per heavy atom. The first-order valence-electron chi connectivity index (χ1n) is 45.3. The quantitative estimate of drug-likeness (QED) is 0.0157. The van der Waals surface area contributed by atoms with Crippen LogP contribution in [0.15, 0.2) is 144 Å². The van der Waals surface area contributed by atoms with Crippen molar-refractivity contribution in [3.63, 3.8) is 0 Å². The van der Waals surface area contributed by atoms with Gasteiger partial charge < -0.3 is 69.3 Å².